The van der Waals surface area contributed by atoms with Gasteiger partial charge in [0.25, 0.3) is 0 Å². The van der Waals surface area contributed by atoms with Crippen molar-refractivity contribution in [3.05, 3.63) is 47.5 Å². The van der Waals surface area contributed by atoms with E-state index < -0.39 is 6.41 Å². The zero-order valence-electron chi connectivity index (χ0n) is 19.8. The summed E-state index contributed by atoms with van der Waals surface area (Å²) in [7, 11) is 3.15. The molecule has 2 aliphatic heterocycles. The SMILES string of the molecule is CN=C(N)NC(N)=NCc1cccc2c1OC(N=C(N)NC(=NC)NCc1cccc3c1OCO3)O2. The van der Waals surface area contributed by atoms with Gasteiger partial charge in [-0.3, -0.25) is 20.6 Å². The van der Waals surface area contributed by atoms with E-state index in [1.807, 2.05) is 30.3 Å². The molecule has 190 valence electrons. The van der Waals surface area contributed by atoms with Crippen LogP contribution < -0.4 is 52.1 Å². The van der Waals surface area contributed by atoms with Crippen molar-refractivity contribution >= 4 is 23.8 Å². The molecule has 0 saturated heterocycles. The summed E-state index contributed by atoms with van der Waals surface area (Å²) < 4.78 is 22.5. The molecule has 9 N–H and O–H groups in total. The van der Waals surface area contributed by atoms with Gasteiger partial charge in [-0.2, -0.15) is 4.99 Å². The topological polar surface area (TPSA) is 201 Å². The van der Waals surface area contributed by atoms with Crippen LogP contribution in [0.25, 0.3) is 0 Å². The first-order valence-electron chi connectivity index (χ1n) is 10.9. The second-order valence-corrected chi connectivity index (χ2v) is 7.44. The van der Waals surface area contributed by atoms with Crippen molar-refractivity contribution in [1.29, 1.82) is 0 Å². The van der Waals surface area contributed by atoms with E-state index in [2.05, 4.69) is 35.9 Å². The molecule has 2 aromatic rings. The normalized spacial score (nSPS) is 17.2. The summed E-state index contributed by atoms with van der Waals surface area (Å²) in [4.78, 5) is 16.4. The lowest BCUT2D eigenvalue weighted by molar-refractivity contribution is 0.0578. The van der Waals surface area contributed by atoms with Crippen LogP contribution in [0.5, 0.6) is 23.0 Å². The highest BCUT2D eigenvalue weighted by molar-refractivity contribution is 5.98. The molecule has 14 heteroatoms. The monoisotopic (exact) mass is 496 g/mol. The Bertz CT molecular complexity index is 1230. The molecule has 0 saturated carbocycles. The van der Waals surface area contributed by atoms with Crippen LogP contribution in [0.1, 0.15) is 11.1 Å². The molecule has 1 atom stereocenters. The fourth-order valence-electron chi connectivity index (χ4n) is 3.35. The lowest BCUT2D eigenvalue weighted by Gasteiger charge is -2.13. The van der Waals surface area contributed by atoms with Gasteiger partial charge in [-0.25, -0.2) is 4.99 Å². The summed E-state index contributed by atoms with van der Waals surface area (Å²) in [6.45, 7) is 0.851. The molecule has 0 amide bonds. The third-order valence-electron chi connectivity index (χ3n) is 5.06. The molecule has 0 bridgehead atoms. The number of nitrogens with one attached hydrogen (secondary N) is 3. The van der Waals surface area contributed by atoms with E-state index in [-0.39, 0.29) is 31.2 Å². The Balaban J connectivity index is 1.35. The second-order valence-electron chi connectivity index (χ2n) is 7.44. The predicted molar refractivity (Wildman–Crippen MR) is 135 cm³/mol. The molecule has 2 aliphatic rings. The number of nitrogens with two attached hydrogens (primary N) is 3. The summed E-state index contributed by atoms with van der Waals surface area (Å²) >= 11 is 0. The highest BCUT2D eigenvalue weighted by Crippen LogP contribution is 2.38. The third kappa shape index (κ3) is 5.78. The number of rotatable bonds is 5. The Hall–Kier alpha value is -4.88. The van der Waals surface area contributed by atoms with Crippen molar-refractivity contribution in [2.24, 2.45) is 37.2 Å². The zero-order valence-corrected chi connectivity index (χ0v) is 19.8. The molecule has 0 aliphatic carbocycles. The van der Waals surface area contributed by atoms with Gasteiger partial charge in [-0.1, -0.05) is 24.3 Å². The van der Waals surface area contributed by atoms with Gasteiger partial charge in [-0.05, 0) is 12.1 Å². The fraction of sp³-hybridized carbons (Fsp3) is 0.273. The minimum atomic E-state index is -0.989. The van der Waals surface area contributed by atoms with Crippen LogP contribution in [0, 0.1) is 0 Å². The highest BCUT2D eigenvalue weighted by Gasteiger charge is 2.26. The van der Waals surface area contributed by atoms with Gasteiger partial charge in [0.2, 0.25) is 12.8 Å². The van der Waals surface area contributed by atoms with Crippen molar-refractivity contribution in [2.45, 2.75) is 19.5 Å². The number of hydrogen-bond donors (Lipinski definition) is 6. The zero-order chi connectivity index (χ0) is 25.5. The van der Waals surface area contributed by atoms with E-state index in [4.69, 9.17) is 36.1 Å². The van der Waals surface area contributed by atoms with Gasteiger partial charge >= 0.3 is 6.41 Å². The molecule has 2 aromatic carbocycles. The van der Waals surface area contributed by atoms with E-state index in [1.165, 1.54) is 7.05 Å². The van der Waals surface area contributed by atoms with Crippen molar-refractivity contribution in [1.82, 2.24) is 16.0 Å². The lowest BCUT2D eigenvalue weighted by atomic mass is 10.2. The summed E-state index contributed by atoms with van der Waals surface area (Å²) in [5, 5.41) is 8.72. The van der Waals surface area contributed by atoms with Gasteiger partial charge in [0, 0.05) is 31.8 Å². The van der Waals surface area contributed by atoms with Gasteiger partial charge in [-0.15, -0.1) is 0 Å². The molecule has 0 fully saturated rings. The molecule has 0 spiro atoms. The number of guanidine groups is 4. The van der Waals surface area contributed by atoms with Crippen molar-refractivity contribution in [2.75, 3.05) is 20.9 Å². The molecule has 4 rings (SSSR count). The van der Waals surface area contributed by atoms with E-state index in [0.29, 0.717) is 35.5 Å². The first-order chi connectivity index (χ1) is 17.5. The number of hydrogen-bond acceptors (Lipinski definition) is 8. The minimum Gasteiger partial charge on any atom is -0.454 e. The molecule has 2 heterocycles. The minimum absolute atomic E-state index is 0.0427. The van der Waals surface area contributed by atoms with Gasteiger partial charge in [0.15, 0.2) is 40.9 Å². The van der Waals surface area contributed by atoms with Gasteiger partial charge < -0.3 is 41.5 Å². The maximum absolute atomic E-state index is 6.06. The summed E-state index contributed by atoms with van der Waals surface area (Å²) in [5.41, 5.74) is 19.1. The Labute approximate surface area is 207 Å². The van der Waals surface area contributed by atoms with Crippen molar-refractivity contribution in [3.8, 4) is 23.0 Å². The smallest absolute Gasteiger partial charge is 0.348 e. The van der Waals surface area contributed by atoms with Gasteiger partial charge in [0.1, 0.15) is 0 Å². The molecule has 0 radical (unpaired) electrons. The average Bonchev–Trinajstić information content (AvgIpc) is 3.52. The van der Waals surface area contributed by atoms with E-state index in [9.17, 15) is 0 Å². The molecule has 36 heavy (non-hydrogen) atoms. The Morgan fingerprint density at radius 2 is 1.64 bits per heavy atom. The molecular formula is C22H28N10O4. The molecule has 1 unspecified atom stereocenters. The van der Waals surface area contributed by atoms with Crippen LogP contribution >= 0.6 is 0 Å². The van der Waals surface area contributed by atoms with Crippen LogP contribution in [-0.2, 0) is 13.1 Å². The average molecular weight is 497 g/mol. The number of aliphatic imine (C=N–C) groups is 4. The van der Waals surface area contributed by atoms with E-state index in [0.717, 1.165) is 11.1 Å². The summed E-state index contributed by atoms with van der Waals surface area (Å²) in [6, 6.07) is 11.1. The van der Waals surface area contributed by atoms with Crippen LogP contribution in [0.15, 0.2) is 56.4 Å². The number of nitrogens with zero attached hydrogens (tertiary/aromatic N) is 4. The largest absolute Gasteiger partial charge is 0.454 e. The Kier molecular flexibility index (Phi) is 7.43. The molecule has 14 nitrogen and oxygen atoms in total. The van der Waals surface area contributed by atoms with Crippen LogP contribution in [-0.4, -0.2) is 51.1 Å². The standard InChI is InChI=1S/C22H28N10O4/c1-26-18(23)30-19(24)28-9-13-6-4-8-15-17(13)36-22(35-15)32-20(25)31-21(27-2)29-10-12-5-3-7-14-16(12)34-11-33-14/h3-8,22H,9-11H2,1-2H3,(H5,23,24,26,28,30)(H4,25,27,29,31,32). The van der Waals surface area contributed by atoms with Crippen molar-refractivity contribution < 1.29 is 18.9 Å². The van der Waals surface area contributed by atoms with Crippen LogP contribution in [0.2, 0.25) is 0 Å². The summed E-state index contributed by atoms with van der Waals surface area (Å²) in [6.07, 6.45) is -0.989. The number of benzene rings is 2. The Morgan fingerprint density at radius 3 is 2.42 bits per heavy atom. The quantitative estimate of drug-likeness (QED) is 0.231. The lowest BCUT2D eigenvalue weighted by Crippen LogP contribution is -2.45. The third-order valence-corrected chi connectivity index (χ3v) is 5.06. The fourth-order valence-corrected chi connectivity index (χ4v) is 3.35. The first kappa shape index (κ1) is 24.3. The highest BCUT2D eigenvalue weighted by atomic mass is 16.7. The predicted octanol–water partition coefficient (Wildman–Crippen LogP) is -0.501. The van der Waals surface area contributed by atoms with E-state index >= 15 is 0 Å². The summed E-state index contributed by atoms with van der Waals surface area (Å²) in [5.74, 6) is 3.13. The molecule has 0 aromatic heterocycles. The van der Waals surface area contributed by atoms with Crippen LogP contribution in [0.3, 0.4) is 0 Å². The molecular weight excluding hydrogens is 468 g/mol. The van der Waals surface area contributed by atoms with Crippen LogP contribution in [0.4, 0.5) is 0 Å². The van der Waals surface area contributed by atoms with Gasteiger partial charge in [0.05, 0.1) is 6.54 Å². The van der Waals surface area contributed by atoms with E-state index in [1.54, 1.807) is 13.1 Å². The number of fused-ring (bicyclic) bond motifs is 2. The maximum atomic E-state index is 6.06. The number of para-hydroxylation sites is 2. The van der Waals surface area contributed by atoms with Crippen molar-refractivity contribution in [3.63, 3.8) is 0 Å². The first-order valence-corrected chi connectivity index (χ1v) is 10.9. The number of ether oxygens (including phenoxy) is 4. The maximum Gasteiger partial charge on any atom is 0.348 e. The second kappa shape index (κ2) is 11.0. The Morgan fingerprint density at radius 1 is 0.861 bits per heavy atom.